The molecule has 0 unspecified atom stereocenters. The lowest BCUT2D eigenvalue weighted by Crippen LogP contribution is -2.21. The van der Waals surface area contributed by atoms with E-state index in [9.17, 15) is 18.0 Å². The van der Waals surface area contributed by atoms with Gasteiger partial charge in [-0.1, -0.05) is 18.2 Å². The van der Waals surface area contributed by atoms with Gasteiger partial charge in [0, 0.05) is 6.20 Å². The van der Waals surface area contributed by atoms with Gasteiger partial charge >= 0.3 is 0 Å². The zero-order valence-electron chi connectivity index (χ0n) is 13.4. The maximum Gasteiger partial charge on any atom is 0.268 e. The predicted molar refractivity (Wildman–Crippen MR) is 94.6 cm³/mol. The minimum Gasteiger partial charge on any atom is -0.487 e. The summed E-state index contributed by atoms with van der Waals surface area (Å²) in [5.41, 5.74) is 0.728. The Labute approximate surface area is 155 Å². The number of benzene rings is 2. The highest BCUT2D eigenvalue weighted by Gasteiger charge is 2.10. The van der Waals surface area contributed by atoms with Crippen molar-refractivity contribution >= 4 is 15.9 Å². The van der Waals surface area contributed by atoms with Gasteiger partial charge in [0.15, 0.2) is 11.6 Å². The Hall–Kier alpha value is -2.54. The summed E-state index contributed by atoms with van der Waals surface area (Å²) in [7, 11) is 0. The minimum atomic E-state index is -0.962. The number of pyridine rings is 1. The first kappa shape index (κ1) is 18.3. The normalized spacial score (nSPS) is 10.8. The lowest BCUT2D eigenvalue weighted by Gasteiger charge is -2.11. The molecule has 7 heteroatoms. The van der Waals surface area contributed by atoms with Gasteiger partial charge in [0.25, 0.3) is 5.56 Å². The summed E-state index contributed by atoms with van der Waals surface area (Å²) in [6.45, 7) is 0.182. The van der Waals surface area contributed by atoms with Crippen LogP contribution < -0.4 is 10.3 Å². The molecule has 0 aliphatic heterocycles. The molecule has 3 nitrogen and oxygen atoms in total. The first-order valence-electron chi connectivity index (χ1n) is 7.64. The fourth-order valence-electron chi connectivity index (χ4n) is 2.39. The van der Waals surface area contributed by atoms with Crippen LogP contribution in [0.1, 0.15) is 11.1 Å². The van der Waals surface area contributed by atoms with Gasteiger partial charge in [-0.25, -0.2) is 13.2 Å². The molecule has 0 N–H and O–H groups in total. The lowest BCUT2D eigenvalue weighted by molar-refractivity contribution is 0.301. The second-order valence-electron chi connectivity index (χ2n) is 5.59. The van der Waals surface area contributed by atoms with Crippen LogP contribution in [0, 0.1) is 17.5 Å². The van der Waals surface area contributed by atoms with Crippen molar-refractivity contribution in [3.05, 3.63) is 98.1 Å². The Balaban J connectivity index is 1.76. The molecule has 26 heavy (non-hydrogen) atoms. The van der Waals surface area contributed by atoms with Gasteiger partial charge in [-0.2, -0.15) is 0 Å². The Kier molecular flexibility index (Phi) is 5.46. The topological polar surface area (TPSA) is 31.2 Å². The quantitative estimate of drug-likeness (QED) is 0.597. The van der Waals surface area contributed by atoms with Crippen molar-refractivity contribution in [2.75, 3.05) is 0 Å². The largest absolute Gasteiger partial charge is 0.487 e. The third-order valence-electron chi connectivity index (χ3n) is 3.69. The van der Waals surface area contributed by atoms with E-state index in [0.717, 1.165) is 12.1 Å². The van der Waals surface area contributed by atoms with Crippen LogP contribution in [0.5, 0.6) is 5.75 Å². The number of ether oxygens (including phenoxy) is 1. The smallest absolute Gasteiger partial charge is 0.268 e. The first-order chi connectivity index (χ1) is 12.4. The third kappa shape index (κ3) is 4.16. The van der Waals surface area contributed by atoms with Crippen molar-refractivity contribution in [3.63, 3.8) is 0 Å². The SMILES string of the molecule is O=c1c(Br)c(OCc2ccc(F)c(F)c2)ccn1Cc1cccc(F)c1. The Morgan fingerprint density at radius 1 is 0.962 bits per heavy atom. The number of rotatable bonds is 5. The molecule has 0 fully saturated rings. The van der Waals surface area contributed by atoms with E-state index in [2.05, 4.69) is 15.9 Å². The zero-order valence-corrected chi connectivity index (χ0v) is 15.0. The molecule has 0 saturated heterocycles. The fourth-order valence-corrected chi connectivity index (χ4v) is 2.86. The summed E-state index contributed by atoms with van der Waals surface area (Å²) in [4.78, 5) is 12.4. The average molecular weight is 424 g/mol. The van der Waals surface area contributed by atoms with Crippen LogP contribution in [-0.2, 0) is 13.2 Å². The molecule has 0 atom stereocenters. The number of nitrogens with zero attached hydrogens (tertiary/aromatic N) is 1. The minimum absolute atomic E-state index is 0.0247. The van der Waals surface area contributed by atoms with Crippen LogP contribution in [0.15, 0.2) is 64.0 Å². The monoisotopic (exact) mass is 423 g/mol. The number of hydrogen-bond donors (Lipinski definition) is 0. The molecule has 0 radical (unpaired) electrons. The van der Waals surface area contributed by atoms with Gasteiger partial charge in [-0.3, -0.25) is 4.79 Å². The Morgan fingerprint density at radius 2 is 1.77 bits per heavy atom. The van der Waals surface area contributed by atoms with Gasteiger partial charge in [0.2, 0.25) is 0 Å². The predicted octanol–water partition coefficient (Wildman–Crippen LogP) is 4.66. The van der Waals surface area contributed by atoms with Gasteiger partial charge in [0.1, 0.15) is 22.6 Å². The van der Waals surface area contributed by atoms with Crippen LogP contribution >= 0.6 is 15.9 Å². The average Bonchev–Trinajstić information content (AvgIpc) is 2.61. The fraction of sp³-hybridized carbons (Fsp3) is 0.105. The second kappa shape index (κ2) is 7.78. The molecule has 3 rings (SSSR count). The molecule has 0 bridgehead atoms. The molecular formula is C19H13BrF3NO2. The highest BCUT2D eigenvalue weighted by Crippen LogP contribution is 2.22. The van der Waals surface area contributed by atoms with Crippen LogP contribution in [0.3, 0.4) is 0 Å². The summed E-state index contributed by atoms with van der Waals surface area (Å²) < 4.78 is 46.5. The molecule has 1 aromatic heterocycles. The van der Waals surface area contributed by atoms with Crippen LogP contribution in [0.4, 0.5) is 13.2 Å². The first-order valence-corrected chi connectivity index (χ1v) is 8.43. The number of hydrogen-bond acceptors (Lipinski definition) is 2. The standard InChI is InChI=1S/C19H13BrF3NO2/c20-18-17(26-11-13-4-5-15(22)16(23)9-13)6-7-24(19(18)25)10-12-2-1-3-14(21)8-12/h1-9H,10-11H2. The van der Waals surface area contributed by atoms with Crippen molar-refractivity contribution in [2.24, 2.45) is 0 Å². The van der Waals surface area contributed by atoms with E-state index in [4.69, 9.17) is 4.74 Å². The van der Waals surface area contributed by atoms with E-state index in [1.807, 2.05) is 0 Å². The van der Waals surface area contributed by atoms with Crippen molar-refractivity contribution in [2.45, 2.75) is 13.2 Å². The molecule has 3 aromatic rings. The molecule has 2 aromatic carbocycles. The van der Waals surface area contributed by atoms with Crippen molar-refractivity contribution in [3.8, 4) is 5.75 Å². The molecule has 1 heterocycles. The van der Waals surface area contributed by atoms with Crippen LogP contribution in [0.25, 0.3) is 0 Å². The maximum atomic E-state index is 13.3. The number of halogens is 4. The van der Waals surface area contributed by atoms with E-state index < -0.39 is 11.6 Å². The zero-order chi connectivity index (χ0) is 18.7. The Morgan fingerprint density at radius 3 is 2.50 bits per heavy atom. The second-order valence-corrected chi connectivity index (χ2v) is 6.39. The molecule has 0 aliphatic rings. The van der Waals surface area contributed by atoms with Gasteiger partial charge < -0.3 is 9.30 Å². The summed E-state index contributed by atoms with van der Waals surface area (Å²) >= 11 is 3.19. The number of aromatic nitrogens is 1. The van der Waals surface area contributed by atoms with Crippen LogP contribution in [-0.4, -0.2) is 4.57 Å². The van der Waals surface area contributed by atoms with E-state index in [1.54, 1.807) is 18.2 Å². The highest BCUT2D eigenvalue weighted by atomic mass is 79.9. The van der Waals surface area contributed by atoms with E-state index in [0.29, 0.717) is 11.1 Å². The van der Waals surface area contributed by atoms with Crippen LogP contribution in [0.2, 0.25) is 0 Å². The summed E-state index contributed by atoms with van der Waals surface area (Å²) in [6.07, 6.45) is 1.53. The summed E-state index contributed by atoms with van der Waals surface area (Å²) in [5, 5.41) is 0. The van der Waals surface area contributed by atoms with Gasteiger partial charge in [-0.15, -0.1) is 0 Å². The van der Waals surface area contributed by atoms with E-state index in [1.165, 1.54) is 29.0 Å². The summed E-state index contributed by atoms with van der Waals surface area (Å²) in [5.74, 6) is -2.00. The van der Waals surface area contributed by atoms with Gasteiger partial charge in [-0.05, 0) is 57.4 Å². The summed E-state index contributed by atoms with van der Waals surface area (Å²) in [6, 6.07) is 11.0. The molecule has 0 aliphatic carbocycles. The molecule has 0 amide bonds. The molecule has 134 valence electrons. The third-order valence-corrected chi connectivity index (χ3v) is 4.42. The lowest BCUT2D eigenvalue weighted by atomic mass is 10.2. The maximum absolute atomic E-state index is 13.3. The van der Waals surface area contributed by atoms with Crippen molar-refractivity contribution in [1.82, 2.24) is 4.57 Å². The van der Waals surface area contributed by atoms with E-state index >= 15 is 0 Å². The Bertz CT molecular complexity index is 1000. The van der Waals surface area contributed by atoms with Crippen molar-refractivity contribution < 1.29 is 17.9 Å². The highest BCUT2D eigenvalue weighted by molar-refractivity contribution is 9.10. The van der Waals surface area contributed by atoms with Gasteiger partial charge in [0.05, 0.1) is 6.54 Å². The molecule has 0 spiro atoms. The molecule has 0 saturated carbocycles. The van der Waals surface area contributed by atoms with E-state index in [-0.39, 0.29) is 34.8 Å². The van der Waals surface area contributed by atoms with Crippen molar-refractivity contribution in [1.29, 1.82) is 0 Å². The molecular weight excluding hydrogens is 411 g/mol.